The molecule has 0 saturated carbocycles. The van der Waals surface area contributed by atoms with Crippen molar-refractivity contribution in [3.8, 4) is 23.0 Å². The van der Waals surface area contributed by atoms with Crippen molar-refractivity contribution in [2.75, 3.05) is 28.4 Å². The summed E-state index contributed by atoms with van der Waals surface area (Å²) in [6.07, 6.45) is 1.69. The summed E-state index contributed by atoms with van der Waals surface area (Å²) >= 11 is 0. The molecule has 3 aromatic rings. The molecule has 0 aliphatic carbocycles. The predicted molar refractivity (Wildman–Crippen MR) is 168 cm³/mol. The minimum absolute atomic E-state index is 0.0773. The number of benzene rings is 3. The van der Waals surface area contributed by atoms with Crippen LogP contribution in [-0.2, 0) is 9.59 Å². The third-order valence-electron chi connectivity index (χ3n) is 8.07. The maximum absolute atomic E-state index is 13.0. The molecule has 2 heterocycles. The smallest absolute Gasteiger partial charge is 0.242 e. The van der Waals surface area contributed by atoms with Gasteiger partial charge in [-0.2, -0.15) is 10.2 Å². The average Bonchev–Trinajstić information content (AvgIpc) is 3.72. The largest absolute Gasteiger partial charge is 0.493 e. The van der Waals surface area contributed by atoms with Gasteiger partial charge in [-0.1, -0.05) is 62.4 Å². The Morgan fingerprint density at radius 1 is 0.636 bits per heavy atom. The van der Waals surface area contributed by atoms with E-state index in [9.17, 15) is 9.59 Å². The van der Waals surface area contributed by atoms with E-state index < -0.39 is 0 Å². The van der Waals surface area contributed by atoms with E-state index in [2.05, 4.69) is 0 Å². The summed E-state index contributed by atoms with van der Waals surface area (Å²) in [6.45, 7) is 3.65. The molecule has 0 fully saturated rings. The van der Waals surface area contributed by atoms with Crippen molar-refractivity contribution in [3.63, 3.8) is 0 Å². The van der Waals surface area contributed by atoms with E-state index in [0.717, 1.165) is 33.7 Å². The number of nitrogens with zero attached hydrogens (tertiary/aromatic N) is 4. The van der Waals surface area contributed by atoms with Crippen LogP contribution in [0, 0.1) is 0 Å². The van der Waals surface area contributed by atoms with Crippen LogP contribution < -0.4 is 18.9 Å². The Balaban J connectivity index is 1.43. The lowest BCUT2D eigenvalue weighted by molar-refractivity contribution is -0.133. The molecule has 2 atom stereocenters. The summed E-state index contributed by atoms with van der Waals surface area (Å²) in [7, 11) is 6.38. The van der Waals surface area contributed by atoms with Crippen LogP contribution in [0.3, 0.4) is 0 Å². The fraction of sp³-hybridized carbons (Fsp3) is 0.353. The van der Waals surface area contributed by atoms with Crippen LogP contribution in [0.4, 0.5) is 0 Å². The van der Waals surface area contributed by atoms with Crippen LogP contribution in [0.15, 0.2) is 70.9 Å². The van der Waals surface area contributed by atoms with Gasteiger partial charge in [-0.25, -0.2) is 10.0 Å². The third kappa shape index (κ3) is 5.59. The Morgan fingerprint density at radius 2 is 1.02 bits per heavy atom. The summed E-state index contributed by atoms with van der Waals surface area (Å²) in [4.78, 5) is 26.0. The minimum atomic E-state index is -0.325. The van der Waals surface area contributed by atoms with Gasteiger partial charge in [0, 0.05) is 36.8 Å². The Bertz CT molecular complexity index is 1480. The van der Waals surface area contributed by atoms with Crippen LogP contribution in [0.25, 0.3) is 0 Å². The van der Waals surface area contributed by atoms with Gasteiger partial charge in [0.2, 0.25) is 11.8 Å². The molecule has 0 bridgehead atoms. The van der Waals surface area contributed by atoms with Crippen LogP contribution in [0.2, 0.25) is 0 Å². The van der Waals surface area contributed by atoms with Crippen molar-refractivity contribution in [1.82, 2.24) is 10.0 Å². The zero-order valence-electron chi connectivity index (χ0n) is 26.0. The second-order valence-corrected chi connectivity index (χ2v) is 10.5. The monoisotopic (exact) mass is 598 g/mol. The Hall–Kier alpha value is -4.86. The van der Waals surface area contributed by atoms with E-state index in [0.29, 0.717) is 48.7 Å². The van der Waals surface area contributed by atoms with E-state index in [1.54, 1.807) is 38.5 Å². The lowest BCUT2D eigenvalue weighted by atomic mass is 9.94. The van der Waals surface area contributed by atoms with E-state index in [-0.39, 0.29) is 23.9 Å². The summed E-state index contributed by atoms with van der Waals surface area (Å²) in [5, 5.41) is 12.7. The highest BCUT2D eigenvalue weighted by molar-refractivity contribution is 6.06. The highest BCUT2D eigenvalue weighted by Crippen LogP contribution is 2.43. The van der Waals surface area contributed by atoms with Crippen molar-refractivity contribution >= 4 is 23.2 Å². The predicted octanol–water partition coefficient (Wildman–Crippen LogP) is 5.90. The van der Waals surface area contributed by atoms with E-state index in [1.165, 1.54) is 0 Å². The molecule has 10 nitrogen and oxygen atoms in total. The fourth-order valence-electron chi connectivity index (χ4n) is 5.84. The molecule has 3 aromatic carbocycles. The quantitative estimate of drug-likeness (QED) is 0.288. The summed E-state index contributed by atoms with van der Waals surface area (Å²) in [6, 6.07) is 18.6. The molecular weight excluding hydrogens is 560 g/mol. The van der Waals surface area contributed by atoms with Gasteiger partial charge in [-0.15, -0.1) is 0 Å². The number of carbonyl (C=O) groups excluding carboxylic acids is 2. The normalized spacial score (nSPS) is 17.7. The van der Waals surface area contributed by atoms with E-state index in [4.69, 9.17) is 29.2 Å². The highest BCUT2D eigenvalue weighted by Gasteiger charge is 2.36. The Morgan fingerprint density at radius 3 is 1.34 bits per heavy atom. The summed E-state index contributed by atoms with van der Waals surface area (Å²) in [5.41, 5.74) is 5.07. The molecule has 44 heavy (non-hydrogen) atoms. The number of hydrazone groups is 2. The van der Waals surface area contributed by atoms with Crippen molar-refractivity contribution in [1.29, 1.82) is 0 Å². The molecule has 0 spiro atoms. The van der Waals surface area contributed by atoms with Crippen molar-refractivity contribution in [2.45, 2.75) is 51.6 Å². The standard InChI is InChI=1S/C34H38N4O6/c1-7-31(39)37-27(23-11-9-13-29(41-3)33(23)43-5)19-25(35-37)21-15-17-22(18-16-21)26-20-28(38(36-26)32(40)8-2)24-12-10-14-30(42-4)34(24)44-6/h9-18,27-28H,7-8,19-20H2,1-6H3/t27-,28-/m1/s1. The first-order chi connectivity index (χ1) is 21.4. The molecular formula is C34H38N4O6. The van der Waals surface area contributed by atoms with Crippen molar-refractivity contribution in [2.24, 2.45) is 10.2 Å². The number of para-hydroxylation sites is 2. The van der Waals surface area contributed by atoms with Crippen LogP contribution >= 0.6 is 0 Å². The first-order valence-corrected chi connectivity index (χ1v) is 14.7. The van der Waals surface area contributed by atoms with Crippen molar-refractivity contribution in [3.05, 3.63) is 82.9 Å². The summed E-state index contributed by atoms with van der Waals surface area (Å²) in [5.74, 6) is 2.23. The van der Waals surface area contributed by atoms with Gasteiger partial charge in [-0.05, 0) is 23.3 Å². The van der Waals surface area contributed by atoms with Crippen LogP contribution in [0.1, 0.15) is 73.9 Å². The molecule has 2 amide bonds. The Kier molecular flexibility index (Phi) is 9.18. The molecule has 5 rings (SSSR count). The van der Waals surface area contributed by atoms with Gasteiger partial charge >= 0.3 is 0 Å². The minimum Gasteiger partial charge on any atom is -0.493 e. The zero-order valence-corrected chi connectivity index (χ0v) is 26.0. The average molecular weight is 599 g/mol. The highest BCUT2D eigenvalue weighted by atomic mass is 16.5. The number of rotatable bonds is 10. The SMILES string of the molecule is CCC(=O)N1N=C(c2ccc(C3=NN(C(=O)CC)[C@@H](c4cccc(OC)c4OC)C3)cc2)C[C@@H]1c1cccc(OC)c1OC. The van der Waals surface area contributed by atoms with Gasteiger partial charge in [-0.3, -0.25) is 9.59 Å². The van der Waals surface area contributed by atoms with Crippen LogP contribution in [0.5, 0.6) is 23.0 Å². The topological polar surface area (TPSA) is 102 Å². The molecule has 0 aromatic heterocycles. The van der Waals surface area contributed by atoms with E-state index >= 15 is 0 Å². The number of ether oxygens (including phenoxy) is 4. The van der Waals surface area contributed by atoms with Crippen LogP contribution in [-0.4, -0.2) is 61.7 Å². The molecule has 0 unspecified atom stereocenters. The number of amides is 2. The van der Waals surface area contributed by atoms with Crippen molar-refractivity contribution < 1.29 is 28.5 Å². The molecule has 0 radical (unpaired) electrons. The third-order valence-corrected chi connectivity index (χ3v) is 8.07. The maximum Gasteiger partial charge on any atom is 0.242 e. The molecule has 2 aliphatic rings. The first kappa shape index (κ1) is 30.6. The van der Waals surface area contributed by atoms with E-state index in [1.807, 2.05) is 74.5 Å². The molecule has 0 N–H and O–H groups in total. The lowest BCUT2D eigenvalue weighted by Gasteiger charge is -2.24. The molecule has 2 aliphatic heterocycles. The van der Waals surface area contributed by atoms with Gasteiger partial charge in [0.25, 0.3) is 0 Å². The molecule has 10 heteroatoms. The number of hydrogen-bond acceptors (Lipinski definition) is 8. The number of carbonyl (C=O) groups is 2. The summed E-state index contributed by atoms with van der Waals surface area (Å²) < 4.78 is 22.4. The maximum atomic E-state index is 13.0. The Labute approximate surface area is 257 Å². The fourth-order valence-corrected chi connectivity index (χ4v) is 5.84. The zero-order chi connectivity index (χ0) is 31.4. The van der Waals surface area contributed by atoms with Gasteiger partial charge in [0.15, 0.2) is 23.0 Å². The molecule has 230 valence electrons. The lowest BCUT2D eigenvalue weighted by Crippen LogP contribution is -2.26. The second kappa shape index (κ2) is 13.2. The number of methoxy groups -OCH3 is 4. The van der Waals surface area contributed by atoms with Gasteiger partial charge in [0.1, 0.15) is 0 Å². The van der Waals surface area contributed by atoms with Gasteiger partial charge in [0.05, 0.1) is 51.9 Å². The number of hydrogen-bond donors (Lipinski definition) is 0. The second-order valence-electron chi connectivity index (χ2n) is 10.5. The molecule has 0 saturated heterocycles. The van der Waals surface area contributed by atoms with Gasteiger partial charge < -0.3 is 18.9 Å². The first-order valence-electron chi connectivity index (χ1n) is 14.7.